The van der Waals surface area contributed by atoms with Crippen LogP contribution in [0, 0.1) is 18.8 Å². The van der Waals surface area contributed by atoms with E-state index >= 15 is 0 Å². The molecule has 1 fully saturated rings. The summed E-state index contributed by atoms with van der Waals surface area (Å²) in [7, 11) is 3.83. The van der Waals surface area contributed by atoms with Crippen LogP contribution in [0.4, 0.5) is 5.82 Å². The highest BCUT2D eigenvalue weighted by molar-refractivity contribution is 6.31. The average Bonchev–Trinajstić information content (AvgIpc) is 3.02. The zero-order valence-electron chi connectivity index (χ0n) is 15.8. The number of ether oxygens (including phenoxy) is 1. The summed E-state index contributed by atoms with van der Waals surface area (Å²) in [6.07, 6.45) is 0. The molecule has 26 heavy (non-hydrogen) atoms. The molecule has 1 N–H and O–H groups in total. The lowest BCUT2D eigenvalue weighted by atomic mass is 9.96. The lowest BCUT2D eigenvalue weighted by molar-refractivity contribution is 0.136. The number of methoxy groups -OCH3 is 1. The SMILES string of the molecule is COCCN(C)C[C@@H]1CN(c2cc(C)c3ccc(Cl)cc3n2)C[C@@H]1CO. The molecule has 2 heterocycles. The minimum absolute atomic E-state index is 0.206. The van der Waals surface area contributed by atoms with Crippen LogP contribution in [-0.4, -0.2) is 68.5 Å². The van der Waals surface area contributed by atoms with Crippen molar-refractivity contribution in [3.05, 3.63) is 34.9 Å². The number of aromatic nitrogens is 1. The normalized spacial score (nSPS) is 20.5. The van der Waals surface area contributed by atoms with E-state index in [-0.39, 0.29) is 12.5 Å². The number of rotatable bonds is 7. The fourth-order valence-corrected chi connectivity index (χ4v) is 3.96. The average molecular weight is 378 g/mol. The Morgan fingerprint density at radius 2 is 2.08 bits per heavy atom. The van der Waals surface area contributed by atoms with Crippen LogP contribution < -0.4 is 4.90 Å². The monoisotopic (exact) mass is 377 g/mol. The van der Waals surface area contributed by atoms with E-state index in [0.717, 1.165) is 49.5 Å². The maximum Gasteiger partial charge on any atom is 0.129 e. The number of aryl methyl sites for hydroxylation is 1. The van der Waals surface area contributed by atoms with Gasteiger partial charge in [-0.05, 0) is 43.7 Å². The number of benzene rings is 1. The Morgan fingerprint density at radius 3 is 2.81 bits per heavy atom. The molecule has 5 nitrogen and oxygen atoms in total. The second kappa shape index (κ2) is 8.53. The van der Waals surface area contributed by atoms with Crippen molar-refractivity contribution in [1.29, 1.82) is 0 Å². The van der Waals surface area contributed by atoms with Gasteiger partial charge in [0.15, 0.2) is 0 Å². The predicted molar refractivity (Wildman–Crippen MR) is 107 cm³/mol. The molecule has 2 aromatic rings. The van der Waals surface area contributed by atoms with Gasteiger partial charge in [-0.3, -0.25) is 0 Å². The maximum absolute atomic E-state index is 9.85. The first-order valence-corrected chi connectivity index (χ1v) is 9.49. The first-order chi connectivity index (χ1) is 12.5. The third-order valence-electron chi connectivity index (χ3n) is 5.32. The van der Waals surface area contributed by atoms with Gasteiger partial charge in [0.2, 0.25) is 0 Å². The van der Waals surface area contributed by atoms with E-state index in [0.29, 0.717) is 10.9 Å². The molecular formula is C20H28ClN3O2. The molecule has 1 aliphatic heterocycles. The molecule has 1 aliphatic rings. The summed E-state index contributed by atoms with van der Waals surface area (Å²) in [6, 6.07) is 7.99. The van der Waals surface area contributed by atoms with Gasteiger partial charge in [-0.25, -0.2) is 4.98 Å². The van der Waals surface area contributed by atoms with Crippen LogP contribution >= 0.6 is 11.6 Å². The first kappa shape index (κ1) is 19.4. The van der Waals surface area contributed by atoms with Crippen LogP contribution in [0.3, 0.4) is 0 Å². The van der Waals surface area contributed by atoms with E-state index in [9.17, 15) is 5.11 Å². The van der Waals surface area contributed by atoms with Gasteiger partial charge in [-0.15, -0.1) is 0 Å². The van der Waals surface area contributed by atoms with Crippen molar-refractivity contribution in [2.75, 3.05) is 58.5 Å². The Labute approximate surface area is 160 Å². The molecule has 0 saturated carbocycles. The van der Waals surface area contributed by atoms with Gasteiger partial charge < -0.3 is 19.6 Å². The molecule has 0 unspecified atom stereocenters. The van der Waals surface area contributed by atoms with Crippen molar-refractivity contribution in [3.8, 4) is 0 Å². The van der Waals surface area contributed by atoms with Gasteiger partial charge in [0.1, 0.15) is 5.82 Å². The lowest BCUT2D eigenvalue weighted by Crippen LogP contribution is -2.33. The number of fused-ring (bicyclic) bond motifs is 1. The van der Waals surface area contributed by atoms with Crippen molar-refractivity contribution in [2.45, 2.75) is 6.92 Å². The molecule has 1 aromatic carbocycles. The molecule has 0 aliphatic carbocycles. The van der Waals surface area contributed by atoms with Crippen molar-refractivity contribution in [2.24, 2.45) is 11.8 Å². The fraction of sp³-hybridized carbons (Fsp3) is 0.550. The molecular weight excluding hydrogens is 350 g/mol. The quantitative estimate of drug-likeness (QED) is 0.804. The zero-order chi connectivity index (χ0) is 18.7. The lowest BCUT2D eigenvalue weighted by Gasteiger charge is -2.23. The van der Waals surface area contributed by atoms with Crippen LogP contribution in [0.5, 0.6) is 0 Å². The van der Waals surface area contributed by atoms with Gasteiger partial charge in [0, 0.05) is 56.2 Å². The highest BCUT2D eigenvalue weighted by Gasteiger charge is 2.33. The van der Waals surface area contributed by atoms with Crippen LogP contribution in [0.15, 0.2) is 24.3 Å². The number of pyridine rings is 1. The van der Waals surface area contributed by atoms with E-state index in [2.05, 4.69) is 29.8 Å². The number of aliphatic hydroxyl groups is 1. The molecule has 142 valence electrons. The Balaban J connectivity index is 1.78. The summed E-state index contributed by atoms with van der Waals surface area (Å²) in [5.41, 5.74) is 2.12. The number of likely N-dealkylation sites (N-methyl/N-ethyl adjacent to an activating group) is 1. The van der Waals surface area contributed by atoms with E-state index < -0.39 is 0 Å². The second-order valence-electron chi connectivity index (χ2n) is 7.32. The maximum atomic E-state index is 9.85. The van der Waals surface area contributed by atoms with Crippen LogP contribution in [0.2, 0.25) is 5.02 Å². The number of hydrogen-bond donors (Lipinski definition) is 1. The summed E-state index contributed by atoms with van der Waals surface area (Å²) in [4.78, 5) is 9.41. The molecule has 3 rings (SSSR count). The minimum atomic E-state index is 0.206. The van der Waals surface area contributed by atoms with E-state index in [1.807, 2.05) is 18.2 Å². The van der Waals surface area contributed by atoms with Crippen LogP contribution in [0.25, 0.3) is 10.9 Å². The van der Waals surface area contributed by atoms with Crippen molar-refractivity contribution in [1.82, 2.24) is 9.88 Å². The topological polar surface area (TPSA) is 48.8 Å². The standard InChI is InChI=1S/C20H28ClN3O2/c1-14-8-20(22-19-9-17(21)4-5-18(14)19)24-11-15(16(12-24)13-25)10-23(2)6-7-26-3/h4-5,8-9,15-16,25H,6-7,10-13H2,1-3H3/t15-,16-/m1/s1. The third-order valence-corrected chi connectivity index (χ3v) is 5.56. The second-order valence-corrected chi connectivity index (χ2v) is 7.76. The Morgan fingerprint density at radius 1 is 1.31 bits per heavy atom. The Bertz CT molecular complexity index is 755. The summed E-state index contributed by atoms with van der Waals surface area (Å²) in [6.45, 7) is 6.62. The molecule has 6 heteroatoms. The van der Waals surface area contributed by atoms with Gasteiger partial charge in [-0.2, -0.15) is 0 Å². The zero-order valence-corrected chi connectivity index (χ0v) is 16.5. The molecule has 1 saturated heterocycles. The van der Waals surface area contributed by atoms with Crippen LogP contribution in [-0.2, 0) is 4.74 Å². The highest BCUT2D eigenvalue weighted by atomic mass is 35.5. The first-order valence-electron chi connectivity index (χ1n) is 9.12. The molecule has 0 amide bonds. The van der Waals surface area contributed by atoms with Crippen molar-refractivity contribution < 1.29 is 9.84 Å². The largest absolute Gasteiger partial charge is 0.396 e. The number of aliphatic hydroxyl groups excluding tert-OH is 1. The summed E-state index contributed by atoms with van der Waals surface area (Å²) in [5, 5.41) is 11.7. The van der Waals surface area contributed by atoms with E-state index in [1.165, 1.54) is 5.56 Å². The number of anilines is 1. The summed E-state index contributed by atoms with van der Waals surface area (Å²) >= 11 is 6.15. The minimum Gasteiger partial charge on any atom is -0.396 e. The third kappa shape index (κ3) is 4.29. The Hall–Kier alpha value is -1.40. The Kier molecular flexibility index (Phi) is 6.35. The van der Waals surface area contributed by atoms with Crippen LogP contribution in [0.1, 0.15) is 5.56 Å². The van der Waals surface area contributed by atoms with Gasteiger partial charge in [0.25, 0.3) is 0 Å². The number of nitrogens with zero attached hydrogens (tertiary/aromatic N) is 3. The van der Waals surface area contributed by atoms with Crippen molar-refractivity contribution >= 4 is 28.3 Å². The van der Waals surface area contributed by atoms with E-state index in [4.69, 9.17) is 21.3 Å². The van der Waals surface area contributed by atoms with Gasteiger partial charge >= 0.3 is 0 Å². The molecule has 0 radical (unpaired) electrons. The summed E-state index contributed by atoms with van der Waals surface area (Å²) in [5.74, 6) is 1.65. The summed E-state index contributed by atoms with van der Waals surface area (Å²) < 4.78 is 5.16. The number of hydrogen-bond acceptors (Lipinski definition) is 5. The smallest absolute Gasteiger partial charge is 0.129 e. The van der Waals surface area contributed by atoms with E-state index in [1.54, 1.807) is 7.11 Å². The number of halogens is 1. The molecule has 0 spiro atoms. The predicted octanol–water partition coefficient (Wildman–Crippen LogP) is 2.82. The molecule has 0 bridgehead atoms. The van der Waals surface area contributed by atoms with Gasteiger partial charge in [-0.1, -0.05) is 17.7 Å². The highest BCUT2D eigenvalue weighted by Crippen LogP contribution is 2.31. The fourth-order valence-electron chi connectivity index (χ4n) is 3.80. The van der Waals surface area contributed by atoms with Gasteiger partial charge in [0.05, 0.1) is 12.1 Å². The molecule has 1 aromatic heterocycles. The van der Waals surface area contributed by atoms with Crippen molar-refractivity contribution in [3.63, 3.8) is 0 Å². The molecule has 2 atom stereocenters.